The van der Waals surface area contributed by atoms with Crippen molar-refractivity contribution in [2.24, 2.45) is 0 Å². The monoisotopic (exact) mass is 146 g/mol. The Morgan fingerprint density at radius 3 is 2.90 bits per heavy atom. The maximum Gasteiger partial charge on any atom is 0.370 e. The lowest BCUT2D eigenvalue weighted by atomic mass is 10.4. The van der Waals surface area contributed by atoms with Gasteiger partial charge in [0, 0.05) is 0 Å². The molecule has 0 N–H and O–H groups in total. The zero-order valence-electron chi connectivity index (χ0n) is 4.93. The number of esters is 1. The summed E-state index contributed by atoms with van der Waals surface area (Å²) in [6.45, 7) is -0.0837. The molecule has 0 radical (unpaired) electrons. The molecule has 0 fully saturated rings. The second-order valence-electron chi connectivity index (χ2n) is 1.66. The van der Waals surface area contributed by atoms with Gasteiger partial charge in [0.2, 0.25) is 5.83 Å². The van der Waals surface area contributed by atoms with Gasteiger partial charge in [0.1, 0.15) is 6.61 Å². The van der Waals surface area contributed by atoms with Gasteiger partial charge in [-0.05, 0) is 12.2 Å². The van der Waals surface area contributed by atoms with Crippen LogP contribution in [0.15, 0.2) is 23.8 Å². The Kier molecular flexibility index (Phi) is 1.80. The average Bonchev–Trinajstić information content (AvgIpc) is 2.04. The summed E-state index contributed by atoms with van der Waals surface area (Å²) in [7, 11) is 0. The molecule has 0 saturated heterocycles. The minimum atomic E-state index is -1.46. The van der Waals surface area contributed by atoms with Gasteiger partial charge in [0.25, 0.3) is 0 Å². The fourth-order valence-corrected chi connectivity index (χ4v) is 0.509. The molecule has 1 aliphatic heterocycles. The molecule has 2 nitrogen and oxygen atoms in total. The van der Waals surface area contributed by atoms with Crippen molar-refractivity contribution in [2.75, 3.05) is 6.61 Å². The smallest absolute Gasteiger partial charge is 0.370 e. The summed E-state index contributed by atoms with van der Waals surface area (Å²) >= 11 is 0. The topological polar surface area (TPSA) is 26.3 Å². The molecule has 10 heavy (non-hydrogen) atoms. The molecule has 0 saturated carbocycles. The number of ether oxygens (including phenoxy) is 1. The molecule has 54 valence electrons. The number of carbonyl (C=O) groups excluding carboxylic acids is 1. The van der Waals surface area contributed by atoms with Crippen LogP contribution in [0.5, 0.6) is 0 Å². The lowest BCUT2D eigenvalue weighted by molar-refractivity contribution is -0.139. The van der Waals surface area contributed by atoms with Crippen LogP contribution in [0.1, 0.15) is 0 Å². The third kappa shape index (κ3) is 1.21. The summed E-state index contributed by atoms with van der Waals surface area (Å²) in [5, 5.41) is 0. The van der Waals surface area contributed by atoms with E-state index >= 15 is 0 Å². The van der Waals surface area contributed by atoms with E-state index in [1.54, 1.807) is 0 Å². The third-order valence-electron chi connectivity index (χ3n) is 0.964. The van der Waals surface area contributed by atoms with Crippen LogP contribution in [0, 0.1) is 0 Å². The maximum absolute atomic E-state index is 12.2. The minimum absolute atomic E-state index is 0.0837. The Bertz CT molecular complexity index is 218. The van der Waals surface area contributed by atoms with Crippen LogP contribution in [0.2, 0.25) is 0 Å². The van der Waals surface area contributed by atoms with Crippen LogP contribution in [0.4, 0.5) is 8.78 Å². The summed E-state index contributed by atoms with van der Waals surface area (Å²) in [5.41, 5.74) is 0. The highest BCUT2D eigenvalue weighted by Crippen LogP contribution is 2.13. The molecule has 0 amide bonds. The zero-order valence-corrected chi connectivity index (χ0v) is 4.93. The van der Waals surface area contributed by atoms with Gasteiger partial charge >= 0.3 is 5.97 Å². The van der Waals surface area contributed by atoms with E-state index in [9.17, 15) is 13.6 Å². The highest BCUT2D eigenvalue weighted by atomic mass is 19.2. The molecule has 1 heterocycles. The van der Waals surface area contributed by atoms with Crippen molar-refractivity contribution < 1.29 is 18.3 Å². The SMILES string of the molecule is O=C1OCC=CC(F)=C1F. The van der Waals surface area contributed by atoms with Crippen molar-refractivity contribution >= 4 is 5.97 Å². The van der Waals surface area contributed by atoms with E-state index in [2.05, 4.69) is 4.74 Å². The van der Waals surface area contributed by atoms with Crippen LogP contribution >= 0.6 is 0 Å². The molecular formula is C6H4F2O2. The zero-order chi connectivity index (χ0) is 7.56. The summed E-state index contributed by atoms with van der Waals surface area (Å²) in [6, 6.07) is 0. The number of rotatable bonds is 0. The first-order valence-electron chi connectivity index (χ1n) is 2.61. The molecule has 0 bridgehead atoms. The van der Waals surface area contributed by atoms with Crippen molar-refractivity contribution in [2.45, 2.75) is 0 Å². The molecule has 4 heteroatoms. The molecule has 0 aromatic heterocycles. The summed E-state index contributed by atoms with van der Waals surface area (Å²) < 4.78 is 28.6. The molecule has 0 spiro atoms. The number of cyclic esters (lactones) is 1. The van der Waals surface area contributed by atoms with Crippen molar-refractivity contribution in [3.8, 4) is 0 Å². The summed E-state index contributed by atoms with van der Waals surface area (Å²) in [4.78, 5) is 10.3. The second-order valence-corrected chi connectivity index (χ2v) is 1.66. The molecule has 1 aliphatic rings. The number of halogens is 2. The van der Waals surface area contributed by atoms with Gasteiger partial charge in [0.05, 0.1) is 0 Å². The molecular weight excluding hydrogens is 142 g/mol. The van der Waals surface area contributed by atoms with Crippen molar-refractivity contribution in [1.29, 1.82) is 0 Å². The van der Waals surface area contributed by atoms with E-state index in [0.717, 1.165) is 6.08 Å². The largest absolute Gasteiger partial charge is 0.456 e. The third-order valence-corrected chi connectivity index (χ3v) is 0.964. The van der Waals surface area contributed by atoms with E-state index < -0.39 is 17.6 Å². The van der Waals surface area contributed by atoms with Crippen LogP contribution in [-0.2, 0) is 9.53 Å². The molecule has 0 aromatic carbocycles. The van der Waals surface area contributed by atoms with E-state index in [0.29, 0.717) is 0 Å². The summed E-state index contributed by atoms with van der Waals surface area (Å²) in [6.07, 6.45) is 2.08. The minimum Gasteiger partial charge on any atom is -0.456 e. The molecule has 1 rings (SSSR count). The Labute approximate surface area is 55.8 Å². The number of carbonyl (C=O) groups is 1. The van der Waals surface area contributed by atoms with Gasteiger partial charge in [-0.1, -0.05) is 0 Å². The van der Waals surface area contributed by atoms with E-state index in [4.69, 9.17) is 0 Å². The molecule has 0 atom stereocenters. The highest BCUT2D eigenvalue weighted by Gasteiger charge is 2.16. The standard InChI is InChI=1S/C6H4F2O2/c7-4-2-1-3-10-6(9)5(4)8/h1-2H,3H2. The maximum atomic E-state index is 12.2. The number of hydrogen-bond donors (Lipinski definition) is 0. The lowest BCUT2D eigenvalue weighted by Gasteiger charge is -1.93. The van der Waals surface area contributed by atoms with Gasteiger partial charge in [-0.25, -0.2) is 9.18 Å². The predicted molar refractivity (Wildman–Crippen MR) is 29.3 cm³/mol. The Hall–Kier alpha value is -1.19. The first-order valence-corrected chi connectivity index (χ1v) is 2.61. The quantitative estimate of drug-likeness (QED) is 0.481. The second kappa shape index (κ2) is 2.60. The van der Waals surface area contributed by atoms with Gasteiger partial charge in [-0.2, -0.15) is 4.39 Å². The fourth-order valence-electron chi connectivity index (χ4n) is 0.509. The van der Waals surface area contributed by atoms with Crippen LogP contribution < -0.4 is 0 Å². The van der Waals surface area contributed by atoms with Gasteiger partial charge in [-0.3, -0.25) is 0 Å². The number of hydrogen-bond acceptors (Lipinski definition) is 2. The first-order chi connectivity index (χ1) is 4.72. The van der Waals surface area contributed by atoms with E-state index in [-0.39, 0.29) is 6.61 Å². The summed E-state index contributed by atoms with van der Waals surface area (Å²) in [5.74, 6) is -3.89. The lowest BCUT2D eigenvalue weighted by Crippen LogP contribution is -2.03. The van der Waals surface area contributed by atoms with Gasteiger partial charge in [-0.15, -0.1) is 0 Å². The molecule has 0 aromatic rings. The van der Waals surface area contributed by atoms with E-state index in [1.807, 2.05) is 0 Å². The van der Waals surface area contributed by atoms with E-state index in [1.165, 1.54) is 6.08 Å². The fraction of sp³-hybridized carbons (Fsp3) is 0.167. The van der Waals surface area contributed by atoms with Crippen molar-refractivity contribution in [3.05, 3.63) is 23.8 Å². The van der Waals surface area contributed by atoms with Gasteiger partial charge in [0.15, 0.2) is 5.83 Å². The number of allylic oxidation sites excluding steroid dienone is 2. The normalized spacial score (nSPS) is 18.8. The van der Waals surface area contributed by atoms with Crippen LogP contribution in [0.25, 0.3) is 0 Å². The average molecular weight is 146 g/mol. The van der Waals surface area contributed by atoms with Crippen molar-refractivity contribution in [3.63, 3.8) is 0 Å². The van der Waals surface area contributed by atoms with Crippen molar-refractivity contribution in [1.82, 2.24) is 0 Å². The van der Waals surface area contributed by atoms with Crippen LogP contribution in [-0.4, -0.2) is 12.6 Å². The molecule has 0 aliphatic carbocycles. The Balaban J connectivity index is 2.93. The Morgan fingerprint density at radius 1 is 1.50 bits per heavy atom. The molecule has 0 unspecified atom stereocenters. The van der Waals surface area contributed by atoms with Gasteiger partial charge < -0.3 is 4.74 Å². The Morgan fingerprint density at radius 2 is 2.20 bits per heavy atom. The van der Waals surface area contributed by atoms with Crippen LogP contribution in [0.3, 0.4) is 0 Å². The first kappa shape index (κ1) is 6.92. The highest BCUT2D eigenvalue weighted by molar-refractivity contribution is 5.87. The predicted octanol–water partition coefficient (Wildman–Crippen LogP) is 1.25.